The molecule has 0 amide bonds. The quantitative estimate of drug-likeness (QED) is 0.315. The van der Waals surface area contributed by atoms with Crippen LogP contribution in [0.25, 0.3) is 0 Å². The number of aliphatic hydroxyl groups is 3. The highest BCUT2D eigenvalue weighted by molar-refractivity contribution is 6.74. The van der Waals surface area contributed by atoms with Crippen molar-refractivity contribution in [1.29, 1.82) is 0 Å². The molecule has 208 valence electrons. The van der Waals surface area contributed by atoms with Crippen LogP contribution in [0.2, 0.25) is 37.8 Å². The van der Waals surface area contributed by atoms with Crippen molar-refractivity contribution in [2.24, 2.45) is 35.0 Å². The van der Waals surface area contributed by atoms with Gasteiger partial charge in [-0.3, -0.25) is 0 Å². The molecule has 0 bridgehead atoms. The van der Waals surface area contributed by atoms with Crippen LogP contribution >= 0.6 is 0 Å². The largest absolute Gasteiger partial charge is 0.413 e. The van der Waals surface area contributed by atoms with Gasteiger partial charge >= 0.3 is 0 Å². The molecule has 0 spiro atoms. The van der Waals surface area contributed by atoms with Crippen LogP contribution in [-0.4, -0.2) is 61.0 Å². The first-order chi connectivity index (χ1) is 15.9. The van der Waals surface area contributed by atoms with Gasteiger partial charge in [0, 0.05) is 18.3 Å². The summed E-state index contributed by atoms with van der Waals surface area (Å²) in [5.41, 5.74) is -2.66. The fraction of sp³-hybridized carbons (Fsp3) is 0.931. The molecule has 10 atom stereocenters. The van der Waals surface area contributed by atoms with Gasteiger partial charge < -0.3 is 24.2 Å². The topological polar surface area (TPSA) is 79.2 Å². The molecule has 5 nitrogen and oxygen atoms in total. The summed E-state index contributed by atoms with van der Waals surface area (Å²) in [4.78, 5) is 0. The summed E-state index contributed by atoms with van der Waals surface area (Å²) in [6.07, 6.45) is 1.67. The van der Waals surface area contributed by atoms with Crippen molar-refractivity contribution in [1.82, 2.24) is 0 Å². The predicted molar refractivity (Wildman–Crippen MR) is 151 cm³/mol. The molecule has 0 aromatic carbocycles. The molecule has 0 aromatic rings. The Hall–Kier alpha value is -0.0262. The zero-order valence-corrected chi connectivity index (χ0v) is 27.2. The van der Waals surface area contributed by atoms with Crippen LogP contribution in [0.5, 0.6) is 0 Å². The second-order valence-corrected chi connectivity index (χ2v) is 25.5. The summed E-state index contributed by atoms with van der Waals surface area (Å²) < 4.78 is 14.7. The van der Waals surface area contributed by atoms with E-state index in [4.69, 9.17) is 8.85 Å². The van der Waals surface area contributed by atoms with E-state index < -0.39 is 39.5 Å². The molecule has 0 saturated heterocycles. The maximum atomic E-state index is 12.4. The summed E-state index contributed by atoms with van der Waals surface area (Å²) in [6.45, 7) is 28.9. The Labute approximate surface area is 222 Å². The number of hydrogen-bond donors (Lipinski definition) is 3. The first-order valence-electron chi connectivity index (χ1n) is 14.2. The molecular weight excluding hydrogens is 484 g/mol. The van der Waals surface area contributed by atoms with Crippen molar-refractivity contribution in [3.63, 3.8) is 0 Å². The first kappa shape index (κ1) is 29.0. The Morgan fingerprint density at radius 1 is 0.972 bits per heavy atom. The highest BCUT2D eigenvalue weighted by Crippen LogP contribution is 2.75. The van der Waals surface area contributed by atoms with E-state index in [0.29, 0.717) is 11.8 Å². The fourth-order valence-corrected chi connectivity index (χ4v) is 11.1. The smallest absolute Gasteiger partial charge is 0.192 e. The Bertz CT molecular complexity index is 929. The summed E-state index contributed by atoms with van der Waals surface area (Å²) in [5.74, 6) is 0.774. The van der Waals surface area contributed by atoms with Gasteiger partial charge in [-0.1, -0.05) is 48.5 Å². The van der Waals surface area contributed by atoms with E-state index in [-0.39, 0.29) is 40.7 Å². The third kappa shape index (κ3) is 4.10. The van der Waals surface area contributed by atoms with Gasteiger partial charge in [0.25, 0.3) is 0 Å². The molecule has 3 saturated carbocycles. The van der Waals surface area contributed by atoms with Crippen molar-refractivity contribution in [2.75, 3.05) is 0 Å². The minimum atomic E-state index is -2.23. The van der Waals surface area contributed by atoms with Crippen molar-refractivity contribution in [2.45, 2.75) is 135 Å². The van der Waals surface area contributed by atoms with Gasteiger partial charge in [-0.05, 0) is 85.9 Å². The average molecular weight is 539 g/mol. The van der Waals surface area contributed by atoms with Crippen LogP contribution in [-0.2, 0) is 8.85 Å². The highest BCUT2D eigenvalue weighted by Gasteiger charge is 2.77. The van der Waals surface area contributed by atoms with Crippen LogP contribution in [0.1, 0.15) is 68.2 Å². The maximum Gasteiger partial charge on any atom is 0.192 e. The van der Waals surface area contributed by atoms with Crippen LogP contribution < -0.4 is 0 Å². The van der Waals surface area contributed by atoms with E-state index >= 15 is 0 Å². The molecule has 4 rings (SSSR count). The molecule has 3 fully saturated rings. The van der Waals surface area contributed by atoms with Crippen LogP contribution in [0.3, 0.4) is 0 Å². The van der Waals surface area contributed by atoms with Crippen molar-refractivity contribution in [3.05, 3.63) is 11.6 Å². The summed E-state index contributed by atoms with van der Waals surface area (Å²) >= 11 is 0. The van der Waals surface area contributed by atoms with Gasteiger partial charge in [0.1, 0.15) is 5.60 Å². The minimum absolute atomic E-state index is 0.000856. The standard InChI is InChI=1S/C29H54O5Si2/c1-17-14-19-21(26(19,6)7)22-23(33-36(12,13)25(3,4)5)18(2)24(30)28(32)16-27(8,31)15-20(28)29(17,22)34-35(9,10)11/h15,17-19,21-24,30-32H,14,16H2,1-13H3/t17-,18+,19-,21?,22-,23-,24?,27-,28?,29+/m1/s1. The summed E-state index contributed by atoms with van der Waals surface area (Å²) in [7, 11) is -4.38. The number of hydrogen-bond acceptors (Lipinski definition) is 5. The van der Waals surface area contributed by atoms with E-state index in [0.717, 1.165) is 12.0 Å². The van der Waals surface area contributed by atoms with Gasteiger partial charge in [-0.2, -0.15) is 0 Å². The van der Waals surface area contributed by atoms with Gasteiger partial charge in [0.2, 0.25) is 0 Å². The summed E-state index contributed by atoms with van der Waals surface area (Å²) in [5, 5.41) is 35.7. The Balaban J connectivity index is 2.03. The molecule has 0 radical (unpaired) electrons. The lowest BCUT2D eigenvalue weighted by Crippen LogP contribution is -2.62. The third-order valence-electron chi connectivity index (χ3n) is 10.9. The number of aliphatic hydroxyl groups excluding tert-OH is 1. The highest BCUT2D eigenvalue weighted by atomic mass is 28.4. The van der Waals surface area contributed by atoms with Crippen LogP contribution in [0.4, 0.5) is 0 Å². The molecule has 0 aromatic heterocycles. The van der Waals surface area contributed by atoms with E-state index in [1.54, 1.807) is 6.92 Å². The molecule has 3 unspecified atom stereocenters. The molecule has 36 heavy (non-hydrogen) atoms. The first-order valence-corrected chi connectivity index (χ1v) is 20.5. The summed E-state index contributed by atoms with van der Waals surface area (Å²) in [6, 6.07) is 0. The molecule has 3 N–H and O–H groups in total. The molecule has 4 aliphatic rings. The van der Waals surface area contributed by atoms with E-state index in [9.17, 15) is 15.3 Å². The monoisotopic (exact) mass is 538 g/mol. The zero-order valence-electron chi connectivity index (χ0n) is 25.2. The van der Waals surface area contributed by atoms with Gasteiger partial charge in [0.05, 0.1) is 23.4 Å². The molecule has 7 heteroatoms. The van der Waals surface area contributed by atoms with E-state index in [1.807, 2.05) is 6.08 Å². The van der Waals surface area contributed by atoms with Gasteiger partial charge in [-0.15, -0.1) is 0 Å². The normalized spacial score (nSPS) is 48.4. The lowest BCUT2D eigenvalue weighted by molar-refractivity contribution is -0.108. The SMILES string of the molecule is C[C@@H]1C(O)C2(O)C[C@](C)(O)C=C2[C@@]2(O[Si](C)(C)C)[C@H](C)C[C@@H]3C([C@@H]2[C@@H]1O[Si](C)(C)C(C)(C)C)C3(C)C. The lowest BCUT2D eigenvalue weighted by Gasteiger charge is -2.56. The Morgan fingerprint density at radius 2 is 1.53 bits per heavy atom. The maximum absolute atomic E-state index is 12.4. The second-order valence-electron chi connectivity index (χ2n) is 16.3. The minimum Gasteiger partial charge on any atom is -0.413 e. The van der Waals surface area contributed by atoms with Crippen LogP contribution in [0.15, 0.2) is 11.6 Å². The Kier molecular flexibility index (Phi) is 6.45. The number of rotatable bonds is 4. The van der Waals surface area contributed by atoms with E-state index in [2.05, 4.69) is 81.2 Å². The zero-order chi connectivity index (χ0) is 27.7. The van der Waals surface area contributed by atoms with E-state index in [1.165, 1.54) is 0 Å². The van der Waals surface area contributed by atoms with Crippen molar-refractivity contribution in [3.8, 4) is 0 Å². The van der Waals surface area contributed by atoms with Gasteiger partial charge in [0.15, 0.2) is 16.6 Å². The Morgan fingerprint density at radius 3 is 2.03 bits per heavy atom. The average Bonchev–Trinajstić information content (AvgIpc) is 3.08. The van der Waals surface area contributed by atoms with Gasteiger partial charge in [-0.25, -0.2) is 0 Å². The lowest BCUT2D eigenvalue weighted by atomic mass is 9.62. The molecule has 0 aliphatic heterocycles. The van der Waals surface area contributed by atoms with Crippen molar-refractivity contribution >= 4 is 16.6 Å². The fourth-order valence-electron chi connectivity index (χ4n) is 8.21. The van der Waals surface area contributed by atoms with Crippen LogP contribution in [0, 0.1) is 35.0 Å². The molecular formula is C29H54O5Si2. The predicted octanol–water partition coefficient (Wildman–Crippen LogP) is 5.72. The molecule has 4 aliphatic carbocycles. The molecule has 0 heterocycles. The second kappa shape index (κ2) is 8.01. The van der Waals surface area contributed by atoms with Crippen molar-refractivity contribution < 1.29 is 24.2 Å². The third-order valence-corrected chi connectivity index (χ3v) is 16.3. The number of fused-ring (bicyclic) bond motifs is 5.